The minimum atomic E-state index is -1.64. The Labute approximate surface area is 225 Å². The van der Waals surface area contributed by atoms with Crippen LogP contribution in [0.2, 0.25) is 0 Å². The third-order valence-corrected chi connectivity index (χ3v) is 5.94. The van der Waals surface area contributed by atoms with Gasteiger partial charge in [-0.15, -0.1) is 0 Å². The molecule has 39 heavy (non-hydrogen) atoms. The molecule has 0 saturated carbocycles. The van der Waals surface area contributed by atoms with Crippen molar-refractivity contribution in [2.45, 2.75) is 46.5 Å². The molecule has 0 aliphatic carbocycles. The molecular weight excluding hydrogens is 512 g/mol. The molecule has 0 aliphatic heterocycles. The number of hydrogen-bond acceptors (Lipinski definition) is 4. The molecule has 0 fully saturated rings. The zero-order chi connectivity index (χ0) is 28.4. The first-order valence-corrected chi connectivity index (χ1v) is 12.8. The van der Waals surface area contributed by atoms with E-state index in [1.54, 1.807) is 31.2 Å². The van der Waals surface area contributed by atoms with Gasteiger partial charge in [0.05, 0.1) is 18.8 Å². The van der Waals surface area contributed by atoms with Crippen molar-refractivity contribution >= 4 is 5.97 Å². The number of rotatable bonds is 11. The molecule has 0 amide bonds. The summed E-state index contributed by atoms with van der Waals surface area (Å²) in [6, 6.07) is 12.3. The fraction of sp³-hybridized carbons (Fsp3) is 0.323. The second-order valence-electron chi connectivity index (χ2n) is 9.03. The summed E-state index contributed by atoms with van der Waals surface area (Å²) < 4.78 is 73.7. The van der Waals surface area contributed by atoms with E-state index in [-0.39, 0.29) is 23.7 Å². The lowest BCUT2D eigenvalue weighted by atomic mass is 10.1. The van der Waals surface area contributed by atoms with E-state index in [0.29, 0.717) is 24.5 Å². The fourth-order valence-electron chi connectivity index (χ4n) is 3.33. The molecule has 0 saturated heterocycles. The van der Waals surface area contributed by atoms with E-state index in [0.717, 1.165) is 19.3 Å². The van der Waals surface area contributed by atoms with Crippen molar-refractivity contribution in [2.75, 3.05) is 13.2 Å². The zero-order valence-electron chi connectivity index (χ0n) is 22.1. The molecule has 1 atom stereocenters. The molecule has 0 bridgehead atoms. The predicted octanol–water partition coefficient (Wildman–Crippen LogP) is 7.86. The number of carbonyl (C=O) groups excluding carboxylic acids is 1. The summed E-state index contributed by atoms with van der Waals surface area (Å²) in [5.41, 5.74) is -0.590. The molecule has 3 aromatic carbocycles. The first-order chi connectivity index (χ1) is 18.7. The number of benzene rings is 3. The van der Waals surface area contributed by atoms with E-state index in [2.05, 4.69) is 18.8 Å². The Morgan fingerprint density at radius 2 is 1.41 bits per heavy atom. The maximum Gasteiger partial charge on any atom is 0.343 e. The molecule has 0 heterocycles. The molecule has 0 spiro atoms. The highest BCUT2D eigenvalue weighted by atomic mass is 19.2. The van der Waals surface area contributed by atoms with Crippen LogP contribution in [0.4, 0.5) is 17.6 Å². The Morgan fingerprint density at radius 1 is 0.795 bits per heavy atom. The second-order valence-corrected chi connectivity index (χ2v) is 9.03. The summed E-state index contributed by atoms with van der Waals surface area (Å²) in [6.45, 7) is 6.25. The maximum atomic E-state index is 14.5. The van der Waals surface area contributed by atoms with Gasteiger partial charge in [-0.05, 0) is 60.9 Å². The van der Waals surface area contributed by atoms with Crippen molar-refractivity contribution in [1.29, 1.82) is 0 Å². The van der Waals surface area contributed by atoms with Gasteiger partial charge in [-0.25, -0.2) is 13.6 Å². The highest BCUT2D eigenvalue weighted by molar-refractivity contribution is 5.91. The fourth-order valence-corrected chi connectivity index (χ4v) is 3.33. The maximum absolute atomic E-state index is 14.5. The molecule has 206 valence electrons. The van der Waals surface area contributed by atoms with Gasteiger partial charge in [-0.1, -0.05) is 51.9 Å². The third-order valence-electron chi connectivity index (χ3n) is 5.94. The number of esters is 1. The van der Waals surface area contributed by atoms with E-state index in [9.17, 15) is 22.4 Å². The average molecular weight is 543 g/mol. The summed E-state index contributed by atoms with van der Waals surface area (Å²) in [7, 11) is 0. The Balaban J connectivity index is 1.67. The van der Waals surface area contributed by atoms with Gasteiger partial charge in [-0.2, -0.15) is 8.78 Å². The smallest absolute Gasteiger partial charge is 0.343 e. The number of hydrogen-bond donors (Lipinski definition) is 0. The highest BCUT2D eigenvalue weighted by Crippen LogP contribution is 2.30. The molecule has 0 radical (unpaired) electrons. The van der Waals surface area contributed by atoms with E-state index >= 15 is 0 Å². The zero-order valence-corrected chi connectivity index (χ0v) is 22.1. The molecule has 4 nitrogen and oxygen atoms in total. The molecule has 0 aromatic heterocycles. The normalized spacial score (nSPS) is 11.4. The van der Waals surface area contributed by atoms with Crippen LogP contribution in [0.15, 0.2) is 48.5 Å². The number of halogens is 4. The quantitative estimate of drug-likeness (QED) is 0.0618. The molecule has 0 unspecified atom stereocenters. The topological polar surface area (TPSA) is 44.8 Å². The molecule has 8 heteroatoms. The first-order valence-electron chi connectivity index (χ1n) is 12.8. The van der Waals surface area contributed by atoms with Gasteiger partial charge in [0.15, 0.2) is 17.4 Å². The van der Waals surface area contributed by atoms with Gasteiger partial charge in [0.25, 0.3) is 0 Å². The van der Waals surface area contributed by atoms with Crippen molar-refractivity contribution in [3.8, 4) is 29.1 Å². The van der Waals surface area contributed by atoms with Crippen molar-refractivity contribution in [3.63, 3.8) is 0 Å². The number of unbranched alkanes of at least 4 members (excludes halogenated alkanes) is 2. The summed E-state index contributed by atoms with van der Waals surface area (Å²) in [6.07, 6.45) is 3.82. The van der Waals surface area contributed by atoms with Crippen LogP contribution in [0, 0.1) is 41.0 Å². The summed E-state index contributed by atoms with van der Waals surface area (Å²) in [5.74, 6) is -2.76. The lowest BCUT2D eigenvalue weighted by Gasteiger charge is -2.13. The van der Waals surface area contributed by atoms with Gasteiger partial charge >= 0.3 is 5.97 Å². The van der Waals surface area contributed by atoms with Crippen LogP contribution in [-0.4, -0.2) is 19.2 Å². The summed E-state index contributed by atoms with van der Waals surface area (Å²) in [4.78, 5) is 12.5. The van der Waals surface area contributed by atoms with Crippen molar-refractivity contribution in [3.05, 3.63) is 88.5 Å². The van der Waals surface area contributed by atoms with Gasteiger partial charge in [0.1, 0.15) is 17.1 Å². The molecule has 0 aliphatic rings. The number of carbonyl (C=O) groups is 1. The van der Waals surface area contributed by atoms with Crippen molar-refractivity contribution < 1.29 is 36.6 Å². The predicted molar refractivity (Wildman–Crippen MR) is 140 cm³/mol. The van der Waals surface area contributed by atoms with Crippen LogP contribution in [0.3, 0.4) is 0 Å². The van der Waals surface area contributed by atoms with Crippen LogP contribution in [-0.2, 0) is 0 Å². The Bertz CT molecular complexity index is 1300. The standard InChI is InChI=1S/C31H30F4O4/c1-4-6-7-18-37-23-13-15-24(16-14-23)39-31(36)22-11-8-21(9-12-22)10-17-25-26(32)28(34)30(29(35)27(25)33)38-19-20(3)5-2/h8-9,11-16,20H,4-7,18-19H2,1-3H3/t20-/m0/s1. The van der Waals surface area contributed by atoms with Gasteiger partial charge in [-0.3, -0.25) is 0 Å². The average Bonchev–Trinajstić information content (AvgIpc) is 2.95. The van der Waals surface area contributed by atoms with Gasteiger partial charge < -0.3 is 14.2 Å². The number of ether oxygens (including phenoxy) is 3. The largest absolute Gasteiger partial charge is 0.494 e. The third kappa shape index (κ3) is 8.00. The van der Waals surface area contributed by atoms with Crippen molar-refractivity contribution in [2.24, 2.45) is 5.92 Å². The molecule has 3 aromatic rings. The van der Waals surface area contributed by atoms with Gasteiger partial charge in [0.2, 0.25) is 11.6 Å². The van der Waals surface area contributed by atoms with E-state index in [4.69, 9.17) is 14.2 Å². The van der Waals surface area contributed by atoms with Crippen LogP contribution in [0.5, 0.6) is 17.2 Å². The van der Waals surface area contributed by atoms with E-state index in [1.165, 1.54) is 24.3 Å². The SMILES string of the molecule is CCCCCOc1ccc(OC(=O)c2ccc(C#Cc3c(F)c(F)c(OC[C@@H](C)CC)c(F)c3F)cc2)cc1. The Morgan fingerprint density at radius 3 is 2.00 bits per heavy atom. The minimum absolute atomic E-state index is 0.0603. The van der Waals surface area contributed by atoms with Crippen LogP contribution < -0.4 is 14.2 Å². The Kier molecular flexibility index (Phi) is 10.8. The first kappa shape index (κ1) is 29.6. The lowest BCUT2D eigenvalue weighted by Crippen LogP contribution is -2.12. The van der Waals surface area contributed by atoms with Gasteiger partial charge in [0, 0.05) is 5.56 Å². The Hall–Kier alpha value is -3.99. The van der Waals surface area contributed by atoms with Crippen LogP contribution >= 0.6 is 0 Å². The molecular formula is C31H30F4O4. The van der Waals surface area contributed by atoms with E-state index < -0.39 is 40.6 Å². The lowest BCUT2D eigenvalue weighted by molar-refractivity contribution is 0.0734. The highest BCUT2D eigenvalue weighted by Gasteiger charge is 2.26. The van der Waals surface area contributed by atoms with Crippen LogP contribution in [0.25, 0.3) is 0 Å². The summed E-state index contributed by atoms with van der Waals surface area (Å²) >= 11 is 0. The second kappa shape index (κ2) is 14.2. The van der Waals surface area contributed by atoms with Crippen LogP contribution in [0.1, 0.15) is 67.9 Å². The molecule has 3 rings (SSSR count). The molecule has 0 N–H and O–H groups in total. The summed E-state index contributed by atoms with van der Waals surface area (Å²) in [5, 5.41) is 0. The van der Waals surface area contributed by atoms with Crippen molar-refractivity contribution in [1.82, 2.24) is 0 Å². The minimum Gasteiger partial charge on any atom is -0.494 e. The van der Waals surface area contributed by atoms with E-state index in [1.807, 2.05) is 6.92 Å². The monoisotopic (exact) mass is 542 g/mol.